The van der Waals surface area contributed by atoms with Crippen LogP contribution < -0.4 is 15.2 Å². The average molecular weight is 247 g/mol. The van der Waals surface area contributed by atoms with Gasteiger partial charge >= 0.3 is 0 Å². The standard InChI is InChI=1S/C13H13NO2S/c1-7-8(2)17-13(14)12(7)9-3-4-10-11(5-9)16-6-15-10/h3-5H,6,14H2,1-2H3. The van der Waals surface area contributed by atoms with Gasteiger partial charge in [0.2, 0.25) is 6.79 Å². The molecule has 3 rings (SSSR count). The van der Waals surface area contributed by atoms with Gasteiger partial charge in [0.05, 0.1) is 5.00 Å². The maximum atomic E-state index is 6.07. The summed E-state index contributed by atoms with van der Waals surface area (Å²) in [4.78, 5) is 1.26. The Bertz CT molecular complexity index is 589. The minimum Gasteiger partial charge on any atom is -0.454 e. The van der Waals surface area contributed by atoms with E-state index in [1.54, 1.807) is 11.3 Å². The molecule has 1 aliphatic rings. The summed E-state index contributed by atoms with van der Waals surface area (Å²) < 4.78 is 10.7. The monoisotopic (exact) mass is 247 g/mol. The number of aryl methyl sites for hydroxylation is 1. The summed E-state index contributed by atoms with van der Waals surface area (Å²) in [5.41, 5.74) is 9.52. The van der Waals surface area contributed by atoms with E-state index in [0.717, 1.165) is 27.6 Å². The molecule has 0 saturated heterocycles. The zero-order chi connectivity index (χ0) is 12.0. The fraction of sp³-hybridized carbons (Fsp3) is 0.231. The molecule has 4 heteroatoms. The van der Waals surface area contributed by atoms with E-state index in [1.807, 2.05) is 18.2 Å². The van der Waals surface area contributed by atoms with Crippen molar-refractivity contribution in [3.63, 3.8) is 0 Å². The van der Waals surface area contributed by atoms with Crippen molar-refractivity contribution in [2.45, 2.75) is 13.8 Å². The van der Waals surface area contributed by atoms with Gasteiger partial charge in [-0.05, 0) is 37.1 Å². The summed E-state index contributed by atoms with van der Waals surface area (Å²) in [5, 5.41) is 0.860. The lowest BCUT2D eigenvalue weighted by molar-refractivity contribution is 0.174. The Labute approximate surface area is 104 Å². The second-order valence-corrected chi connectivity index (χ2v) is 5.35. The molecule has 0 aliphatic carbocycles. The molecule has 1 aliphatic heterocycles. The molecule has 0 unspecified atom stereocenters. The van der Waals surface area contributed by atoms with Crippen LogP contribution in [0.25, 0.3) is 11.1 Å². The highest BCUT2D eigenvalue weighted by molar-refractivity contribution is 7.16. The van der Waals surface area contributed by atoms with Gasteiger partial charge in [-0.2, -0.15) is 0 Å². The van der Waals surface area contributed by atoms with E-state index in [4.69, 9.17) is 15.2 Å². The van der Waals surface area contributed by atoms with Gasteiger partial charge in [0.15, 0.2) is 11.5 Å². The van der Waals surface area contributed by atoms with E-state index in [2.05, 4.69) is 13.8 Å². The van der Waals surface area contributed by atoms with Crippen molar-refractivity contribution >= 4 is 16.3 Å². The molecule has 0 amide bonds. The lowest BCUT2D eigenvalue weighted by Crippen LogP contribution is -1.92. The largest absolute Gasteiger partial charge is 0.454 e. The van der Waals surface area contributed by atoms with Gasteiger partial charge in [0.25, 0.3) is 0 Å². The lowest BCUT2D eigenvalue weighted by Gasteiger charge is -2.04. The molecule has 3 nitrogen and oxygen atoms in total. The Morgan fingerprint density at radius 1 is 1.18 bits per heavy atom. The maximum absolute atomic E-state index is 6.07. The van der Waals surface area contributed by atoms with Crippen LogP contribution in [0.2, 0.25) is 0 Å². The molecule has 0 atom stereocenters. The van der Waals surface area contributed by atoms with Crippen LogP contribution in [0.1, 0.15) is 10.4 Å². The van der Waals surface area contributed by atoms with Crippen LogP contribution in [0.4, 0.5) is 5.00 Å². The number of anilines is 1. The van der Waals surface area contributed by atoms with Crippen LogP contribution in [-0.4, -0.2) is 6.79 Å². The van der Waals surface area contributed by atoms with Crippen LogP contribution in [-0.2, 0) is 0 Å². The van der Waals surface area contributed by atoms with E-state index < -0.39 is 0 Å². The molecule has 1 aromatic heterocycles. The van der Waals surface area contributed by atoms with Gasteiger partial charge in [-0.15, -0.1) is 11.3 Å². The first-order valence-corrected chi connectivity index (χ1v) is 6.24. The Morgan fingerprint density at radius 3 is 2.65 bits per heavy atom. The molecule has 1 aromatic carbocycles. The number of thiophene rings is 1. The smallest absolute Gasteiger partial charge is 0.231 e. The SMILES string of the molecule is Cc1sc(N)c(-c2ccc3c(c2)OCO3)c1C. The third-order valence-electron chi connectivity index (χ3n) is 3.07. The molecule has 2 aromatic rings. The predicted molar refractivity (Wildman–Crippen MR) is 69.8 cm³/mol. The van der Waals surface area contributed by atoms with Crippen molar-refractivity contribution in [1.29, 1.82) is 0 Å². The van der Waals surface area contributed by atoms with E-state index in [9.17, 15) is 0 Å². The molecular formula is C13H13NO2S. The van der Waals surface area contributed by atoms with E-state index in [0.29, 0.717) is 6.79 Å². The Kier molecular flexibility index (Phi) is 2.26. The van der Waals surface area contributed by atoms with Gasteiger partial charge in [-0.1, -0.05) is 6.07 Å². The van der Waals surface area contributed by atoms with Gasteiger partial charge in [-0.3, -0.25) is 0 Å². The number of benzene rings is 1. The highest BCUT2D eigenvalue weighted by atomic mass is 32.1. The molecule has 0 spiro atoms. The van der Waals surface area contributed by atoms with Crippen molar-refractivity contribution in [2.24, 2.45) is 0 Å². The van der Waals surface area contributed by atoms with Crippen molar-refractivity contribution in [3.8, 4) is 22.6 Å². The fourth-order valence-corrected chi connectivity index (χ4v) is 3.02. The van der Waals surface area contributed by atoms with E-state index in [1.165, 1.54) is 10.4 Å². The summed E-state index contributed by atoms with van der Waals surface area (Å²) in [7, 11) is 0. The zero-order valence-electron chi connectivity index (χ0n) is 9.74. The van der Waals surface area contributed by atoms with E-state index >= 15 is 0 Å². The second-order valence-electron chi connectivity index (χ2n) is 4.09. The molecule has 2 heterocycles. The van der Waals surface area contributed by atoms with Crippen molar-refractivity contribution in [3.05, 3.63) is 28.6 Å². The Hall–Kier alpha value is -1.68. The van der Waals surface area contributed by atoms with Gasteiger partial charge in [0.1, 0.15) is 0 Å². The third-order valence-corrected chi connectivity index (χ3v) is 4.11. The summed E-state index contributed by atoms with van der Waals surface area (Å²) in [6.45, 7) is 4.49. The molecule has 2 N–H and O–H groups in total. The van der Waals surface area contributed by atoms with Crippen LogP contribution in [0.5, 0.6) is 11.5 Å². The fourth-order valence-electron chi connectivity index (χ4n) is 2.06. The lowest BCUT2D eigenvalue weighted by atomic mass is 10.0. The number of rotatable bonds is 1. The minimum absolute atomic E-state index is 0.302. The van der Waals surface area contributed by atoms with E-state index in [-0.39, 0.29) is 0 Å². The second kappa shape index (κ2) is 3.67. The highest BCUT2D eigenvalue weighted by Gasteiger charge is 2.17. The third kappa shape index (κ3) is 1.56. The number of nitrogen functional groups attached to an aromatic ring is 1. The number of hydrogen-bond donors (Lipinski definition) is 1. The molecule has 0 bridgehead atoms. The van der Waals surface area contributed by atoms with Gasteiger partial charge in [0, 0.05) is 10.4 Å². The van der Waals surface area contributed by atoms with Gasteiger partial charge < -0.3 is 15.2 Å². The zero-order valence-corrected chi connectivity index (χ0v) is 10.6. The first-order valence-electron chi connectivity index (χ1n) is 5.42. The molecule has 17 heavy (non-hydrogen) atoms. The number of fused-ring (bicyclic) bond motifs is 1. The molecule has 88 valence electrons. The first-order chi connectivity index (χ1) is 8.16. The summed E-state index contributed by atoms with van der Waals surface area (Å²) in [5.74, 6) is 1.60. The van der Waals surface area contributed by atoms with Crippen LogP contribution >= 0.6 is 11.3 Å². The predicted octanol–water partition coefficient (Wildman–Crippen LogP) is 3.34. The van der Waals surface area contributed by atoms with Crippen molar-refractivity contribution in [1.82, 2.24) is 0 Å². The average Bonchev–Trinajstić information content (AvgIpc) is 2.84. The van der Waals surface area contributed by atoms with Crippen LogP contribution in [0.15, 0.2) is 18.2 Å². The van der Waals surface area contributed by atoms with Crippen LogP contribution in [0, 0.1) is 13.8 Å². The van der Waals surface area contributed by atoms with Crippen molar-refractivity contribution in [2.75, 3.05) is 12.5 Å². The summed E-state index contributed by atoms with van der Waals surface area (Å²) in [6.07, 6.45) is 0. The minimum atomic E-state index is 0.302. The maximum Gasteiger partial charge on any atom is 0.231 e. The first kappa shape index (κ1) is 10.5. The Balaban J connectivity index is 2.15. The topological polar surface area (TPSA) is 44.5 Å². The number of nitrogens with two attached hydrogens (primary N) is 1. The highest BCUT2D eigenvalue weighted by Crippen LogP contribution is 2.42. The molecule has 0 radical (unpaired) electrons. The van der Waals surface area contributed by atoms with Crippen molar-refractivity contribution < 1.29 is 9.47 Å². The molecule has 0 saturated carbocycles. The quantitative estimate of drug-likeness (QED) is 0.840. The number of hydrogen-bond acceptors (Lipinski definition) is 4. The number of ether oxygens (including phenoxy) is 2. The van der Waals surface area contributed by atoms with Gasteiger partial charge in [-0.25, -0.2) is 0 Å². The Morgan fingerprint density at radius 2 is 1.94 bits per heavy atom. The molecular weight excluding hydrogens is 234 g/mol. The summed E-state index contributed by atoms with van der Waals surface area (Å²) in [6, 6.07) is 5.95. The normalized spacial score (nSPS) is 13.1. The molecule has 0 fully saturated rings. The summed E-state index contributed by atoms with van der Waals surface area (Å²) >= 11 is 1.63. The van der Waals surface area contributed by atoms with Crippen LogP contribution in [0.3, 0.4) is 0 Å².